The van der Waals surface area contributed by atoms with Gasteiger partial charge in [0.1, 0.15) is 0 Å². The van der Waals surface area contributed by atoms with Gasteiger partial charge in [-0.2, -0.15) is 11.8 Å². The number of rotatable bonds is 7. The number of benzene rings is 1. The lowest BCUT2D eigenvalue weighted by Gasteiger charge is -2.13. The Morgan fingerprint density at radius 1 is 1.50 bits per heavy atom. The predicted molar refractivity (Wildman–Crippen MR) is 83.2 cm³/mol. The zero-order valence-electron chi connectivity index (χ0n) is 10.7. The summed E-state index contributed by atoms with van der Waals surface area (Å²) in [6, 6.07) is 7.95. The van der Waals surface area contributed by atoms with Crippen molar-refractivity contribution in [1.29, 1.82) is 0 Å². The van der Waals surface area contributed by atoms with Crippen molar-refractivity contribution in [3.63, 3.8) is 0 Å². The molecule has 100 valence electrons. The molecule has 1 amide bonds. The SMILES string of the molecule is CSCCC(C)NCC(=O)Nc1cccc(Br)c1. The summed E-state index contributed by atoms with van der Waals surface area (Å²) < 4.78 is 0.960. The summed E-state index contributed by atoms with van der Waals surface area (Å²) in [4.78, 5) is 11.7. The standard InChI is InChI=1S/C13H19BrN2OS/c1-10(6-7-18-2)15-9-13(17)16-12-5-3-4-11(14)8-12/h3-5,8,10,15H,6-7,9H2,1-2H3,(H,16,17). The molecule has 0 saturated carbocycles. The molecule has 18 heavy (non-hydrogen) atoms. The van der Waals surface area contributed by atoms with Gasteiger partial charge < -0.3 is 10.6 Å². The first kappa shape index (κ1) is 15.5. The lowest BCUT2D eigenvalue weighted by Crippen LogP contribution is -2.34. The minimum Gasteiger partial charge on any atom is -0.325 e. The lowest BCUT2D eigenvalue weighted by molar-refractivity contribution is -0.115. The van der Waals surface area contributed by atoms with Gasteiger partial charge in [-0.1, -0.05) is 22.0 Å². The van der Waals surface area contributed by atoms with E-state index in [0.29, 0.717) is 12.6 Å². The fourth-order valence-electron chi connectivity index (χ4n) is 1.44. The zero-order chi connectivity index (χ0) is 13.4. The smallest absolute Gasteiger partial charge is 0.238 e. The van der Waals surface area contributed by atoms with Crippen molar-refractivity contribution in [3.05, 3.63) is 28.7 Å². The van der Waals surface area contributed by atoms with E-state index < -0.39 is 0 Å². The van der Waals surface area contributed by atoms with Crippen molar-refractivity contribution in [2.24, 2.45) is 0 Å². The normalized spacial score (nSPS) is 12.2. The van der Waals surface area contributed by atoms with E-state index in [2.05, 4.69) is 39.7 Å². The molecule has 1 unspecified atom stereocenters. The van der Waals surface area contributed by atoms with Gasteiger partial charge in [0.05, 0.1) is 6.54 Å². The van der Waals surface area contributed by atoms with E-state index in [0.717, 1.165) is 22.3 Å². The Morgan fingerprint density at radius 2 is 2.28 bits per heavy atom. The third kappa shape index (κ3) is 6.42. The van der Waals surface area contributed by atoms with Gasteiger partial charge in [0.25, 0.3) is 0 Å². The highest BCUT2D eigenvalue weighted by Gasteiger charge is 2.05. The molecule has 3 nitrogen and oxygen atoms in total. The maximum atomic E-state index is 11.7. The van der Waals surface area contributed by atoms with Crippen molar-refractivity contribution >= 4 is 39.3 Å². The van der Waals surface area contributed by atoms with Crippen LogP contribution in [0.3, 0.4) is 0 Å². The molecular weight excluding hydrogens is 312 g/mol. The van der Waals surface area contributed by atoms with Gasteiger partial charge in [0.15, 0.2) is 0 Å². The van der Waals surface area contributed by atoms with E-state index in [9.17, 15) is 4.79 Å². The minimum atomic E-state index is -0.0101. The first-order valence-electron chi connectivity index (χ1n) is 5.89. The number of hydrogen-bond donors (Lipinski definition) is 2. The quantitative estimate of drug-likeness (QED) is 0.807. The summed E-state index contributed by atoms with van der Waals surface area (Å²) in [5.74, 6) is 1.10. The summed E-state index contributed by atoms with van der Waals surface area (Å²) in [6.07, 6.45) is 3.16. The van der Waals surface area contributed by atoms with E-state index in [4.69, 9.17) is 0 Å². The van der Waals surface area contributed by atoms with Crippen LogP contribution in [0.15, 0.2) is 28.7 Å². The molecule has 1 aromatic carbocycles. The highest BCUT2D eigenvalue weighted by atomic mass is 79.9. The second-order valence-electron chi connectivity index (χ2n) is 4.12. The van der Waals surface area contributed by atoms with Crippen LogP contribution in [0.1, 0.15) is 13.3 Å². The molecule has 0 spiro atoms. The number of anilines is 1. The van der Waals surface area contributed by atoms with Gasteiger partial charge in [0, 0.05) is 16.2 Å². The molecular formula is C13H19BrN2OS. The summed E-state index contributed by atoms with van der Waals surface area (Å²) in [5.41, 5.74) is 0.813. The monoisotopic (exact) mass is 330 g/mol. The van der Waals surface area contributed by atoms with Crippen molar-refractivity contribution in [1.82, 2.24) is 5.32 Å². The second kappa shape index (κ2) is 8.56. The minimum absolute atomic E-state index is 0.0101. The molecule has 0 saturated heterocycles. The highest BCUT2D eigenvalue weighted by Crippen LogP contribution is 2.15. The Bertz CT molecular complexity index is 387. The van der Waals surface area contributed by atoms with Crippen LogP contribution in [0.5, 0.6) is 0 Å². The van der Waals surface area contributed by atoms with Crippen LogP contribution in [-0.4, -0.2) is 30.5 Å². The van der Waals surface area contributed by atoms with Crippen molar-refractivity contribution in [3.8, 4) is 0 Å². The van der Waals surface area contributed by atoms with Crippen molar-refractivity contribution in [2.45, 2.75) is 19.4 Å². The maximum Gasteiger partial charge on any atom is 0.238 e. The number of thioether (sulfide) groups is 1. The van der Waals surface area contributed by atoms with Crippen LogP contribution in [0, 0.1) is 0 Å². The fourth-order valence-corrected chi connectivity index (χ4v) is 2.42. The molecule has 0 bridgehead atoms. The Labute approximate surface area is 121 Å². The van der Waals surface area contributed by atoms with Crippen LogP contribution < -0.4 is 10.6 Å². The molecule has 0 radical (unpaired) electrons. The largest absolute Gasteiger partial charge is 0.325 e. The molecule has 1 atom stereocenters. The van der Waals surface area contributed by atoms with Gasteiger partial charge >= 0.3 is 0 Å². The average Bonchev–Trinajstić information content (AvgIpc) is 2.34. The molecule has 2 N–H and O–H groups in total. The van der Waals surface area contributed by atoms with Crippen LogP contribution in [0.4, 0.5) is 5.69 Å². The van der Waals surface area contributed by atoms with E-state index in [1.54, 1.807) is 0 Å². The van der Waals surface area contributed by atoms with Crippen LogP contribution in [0.2, 0.25) is 0 Å². The molecule has 1 aromatic rings. The Hall–Kier alpha value is -0.520. The molecule has 0 aromatic heterocycles. The third-order valence-electron chi connectivity index (χ3n) is 2.47. The zero-order valence-corrected chi connectivity index (χ0v) is 13.1. The average molecular weight is 331 g/mol. The number of nitrogens with one attached hydrogen (secondary N) is 2. The fraction of sp³-hybridized carbons (Fsp3) is 0.462. The summed E-state index contributed by atoms with van der Waals surface area (Å²) in [5, 5.41) is 6.07. The number of hydrogen-bond acceptors (Lipinski definition) is 3. The van der Waals surface area contributed by atoms with E-state index in [-0.39, 0.29) is 5.91 Å². The number of carbonyl (C=O) groups excluding carboxylic acids is 1. The maximum absolute atomic E-state index is 11.7. The Morgan fingerprint density at radius 3 is 2.94 bits per heavy atom. The van der Waals surface area contributed by atoms with E-state index in [1.165, 1.54) is 0 Å². The van der Waals surface area contributed by atoms with Crippen LogP contribution in [0.25, 0.3) is 0 Å². The second-order valence-corrected chi connectivity index (χ2v) is 6.02. The van der Waals surface area contributed by atoms with Gasteiger partial charge in [-0.05, 0) is 43.6 Å². The van der Waals surface area contributed by atoms with Crippen molar-refractivity contribution < 1.29 is 4.79 Å². The summed E-state index contributed by atoms with van der Waals surface area (Å²) >= 11 is 5.20. The topological polar surface area (TPSA) is 41.1 Å². The van der Waals surface area contributed by atoms with Crippen molar-refractivity contribution in [2.75, 3.05) is 23.9 Å². The molecule has 0 fully saturated rings. The van der Waals surface area contributed by atoms with Gasteiger partial charge in [-0.25, -0.2) is 0 Å². The lowest BCUT2D eigenvalue weighted by atomic mass is 10.2. The van der Waals surface area contributed by atoms with E-state index >= 15 is 0 Å². The molecule has 0 aliphatic heterocycles. The number of halogens is 1. The molecule has 0 aliphatic rings. The van der Waals surface area contributed by atoms with E-state index in [1.807, 2.05) is 36.0 Å². The van der Waals surface area contributed by atoms with Gasteiger partial charge in [-0.15, -0.1) is 0 Å². The first-order chi connectivity index (χ1) is 8.61. The number of carbonyl (C=O) groups is 1. The third-order valence-corrected chi connectivity index (χ3v) is 3.61. The van der Waals surface area contributed by atoms with Crippen LogP contribution in [-0.2, 0) is 4.79 Å². The molecule has 0 aliphatic carbocycles. The number of amides is 1. The van der Waals surface area contributed by atoms with Crippen LogP contribution >= 0.6 is 27.7 Å². The summed E-state index contributed by atoms with van der Waals surface area (Å²) in [7, 11) is 0. The van der Waals surface area contributed by atoms with Gasteiger partial charge in [0.2, 0.25) is 5.91 Å². The van der Waals surface area contributed by atoms with Gasteiger partial charge in [-0.3, -0.25) is 4.79 Å². The predicted octanol–water partition coefficient (Wildman–Crippen LogP) is 3.12. The Balaban J connectivity index is 2.29. The Kier molecular flexibility index (Phi) is 7.39. The summed E-state index contributed by atoms with van der Waals surface area (Å²) in [6.45, 7) is 2.45. The molecule has 0 heterocycles. The molecule has 1 rings (SSSR count). The first-order valence-corrected chi connectivity index (χ1v) is 8.08. The molecule has 5 heteroatoms. The highest BCUT2D eigenvalue weighted by molar-refractivity contribution is 9.10.